The summed E-state index contributed by atoms with van der Waals surface area (Å²) in [6.07, 6.45) is 1.24. The molecule has 8 nitrogen and oxygen atoms in total. The van der Waals surface area contributed by atoms with E-state index in [0.29, 0.717) is 36.5 Å². The Balaban J connectivity index is 1.69. The summed E-state index contributed by atoms with van der Waals surface area (Å²) >= 11 is 0. The lowest BCUT2D eigenvalue weighted by atomic mass is 10.1. The zero-order chi connectivity index (χ0) is 20.8. The summed E-state index contributed by atoms with van der Waals surface area (Å²) in [4.78, 5) is 29.3. The van der Waals surface area contributed by atoms with Crippen LogP contribution in [0, 0.1) is 17.0 Å². The Hall–Kier alpha value is -3.55. The van der Waals surface area contributed by atoms with E-state index in [1.165, 1.54) is 12.1 Å². The van der Waals surface area contributed by atoms with Crippen LogP contribution in [-0.4, -0.2) is 39.0 Å². The fraction of sp³-hybridized carbons (Fsp3) is 0.286. The minimum Gasteiger partial charge on any atom is -0.339 e. The van der Waals surface area contributed by atoms with Crippen molar-refractivity contribution in [3.63, 3.8) is 0 Å². The lowest BCUT2D eigenvalue weighted by Gasteiger charge is -2.21. The predicted molar refractivity (Wildman–Crippen MR) is 107 cm³/mol. The van der Waals surface area contributed by atoms with Crippen LogP contribution in [0.1, 0.15) is 35.2 Å². The third kappa shape index (κ3) is 5.04. The topological polar surface area (TPSA) is 102 Å². The number of hydrogen-bond donors (Lipinski definition) is 0. The number of nitrogens with zero attached hydrogens (tertiary/aromatic N) is 4. The smallest absolute Gasteiger partial charge is 0.270 e. The van der Waals surface area contributed by atoms with Gasteiger partial charge in [0.1, 0.15) is 0 Å². The molecule has 1 aromatic heterocycles. The Kier molecular flexibility index (Phi) is 6.33. The normalized spacial score (nSPS) is 10.7. The molecule has 3 rings (SSSR count). The average Bonchev–Trinajstić information content (AvgIpc) is 3.20. The number of amides is 1. The zero-order valence-corrected chi connectivity index (χ0v) is 16.4. The monoisotopic (exact) mass is 394 g/mol. The van der Waals surface area contributed by atoms with Gasteiger partial charge in [0.2, 0.25) is 11.7 Å². The van der Waals surface area contributed by atoms with Gasteiger partial charge in [0.25, 0.3) is 11.6 Å². The molecule has 0 atom stereocenters. The van der Waals surface area contributed by atoms with E-state index in [0.717, 1.165) is 12.0 Å². The van der Waals surface area contributed by atoms with Crippen molar-refractivity contribution in [2.75, 3.05) is 13.1 Å². The molecule has 0 saturated heterocycles. The SMILES string of the molecule is CCCN(CCc1nc(-c2cccc([N+](=O)[O-])c2)no1)C(=O)c1ccc(C)cc1. The minimum absolute atomic E-state index is 0.0355. The summed E-state index contributed by atoms with van der Waals surface area (Å²) in [6.45, 7) is 5.06. The number of carbonyl (C=O) groups excluding carboxylic acids is 1. The average molecular weight is 394 g/mol. The fourth-order valence-corrected chi connectivity index (χ4v) is 2.93. The Morgan fingerprint density at radius 1 is 1.17 bits per heavy atom. The summed E-state index contributed by atoms with van der Waals surface area (Å²) < 4.78 is 5.28. The number of rotatable bonds is 8. The van der Waals surface area contributed by atoms with Gasteiger partial charge in [-0.05, 0) is 25.5 Å². The lowest BCUT2D eigenvalue weighted by Crippen LogP contribution is -2.33. The van der Waals surface area contributed by atoms with E-state index < -0.39 is 4.92 Å². The molecule has 0 aliphatic carbocycles. The molecule has 0 unspecified atom stereocenters. The van der Waals surface area contributed by atoms with Gasteiger partial charge in [0.05, 0.1) is 4.92 Å². The molecule has 1 heterocycles. The summed E-state index contributed by atoms with van der Waals surface area (Å²) in [7, 11) is 0. The second-order valence-corrected chi connectivity index (χ2v) is 6.73. The Labute approximate surface area is 168 Å². The zero-order valence-electron chi connectivity index (χ0n) is 16.4. The highest BCUT2D eigenvalue weighted by atomic mass is 16.6. The van der Waals surface area contributed by atoms with Crippen LogP contribution in [0.4, 0.5) is 5.69 Å². The van der Waals surface area contributed by atoms with Gasteiger partial charge in [-0.2, -0.15) is 4.98 Å². The third-order valence-electron chi connectivity index (χ3n) is 4.46. The molecule has 0 fully saturated rings. The van der Waals surface area contributed by atoms with Gasteiger partial charge in [-0.1, -0.05) is 41.9 Å². The van der Waals surface area contributed by atoms with Gasteiger partial charge in [0, 0.05) is 42.8 Å². The van der Waals surface area contributed by atoms with Crippen molar-refractivity contribution in [3.8, 4) is 11.4 Å². The molecular weight excluding hydrogens is 372 g/mol. The summed E-state index contributed by atoms with van der Waals surface area (Å²) in [5, 5.41) is 14.8. The van der Waals surface area contributed by atoms with Gasteiger partial charge in [-0.25, -0.2) is 0 Å². The van der Waals surface area contributed by atoms with Gasteiger partial charge < -0.3 is 9.42 Å². The van der Waals surface area contributed by atoms with E-state index in [4.69, 9.17) is 4.52 Å². The molecule has 1 amide bonds. The number of aryl methyl sites for hydroxylation is 1. The van der Waals surface area contributed by atoms with Crippen molar-refractivity contribution in [2.45, 2.75) is 26.7 Å². The molecule has 150 valence electrons. The molecule has 29 heavy (non-hydrogen) atoms. The highest BCUT2D eigenvalue weighted by molar-refractivity contribution is 5.94. The molecule has 0 bridgehead atoms. The Morgan fingerprint density at radius 3 is 2.62 bits per heavy atom. The molecule has 3 aromatic rings. The maximum absolute atomic E-state index is 12.8. The maximum atomic E-state index is 12.8. The van der Waals surface area contributed by atoms with Crippen LogP contribution in [0.2, 0.25) is 0 Å². The van der Waals surface area contributed by atoms with E-state index in [-0.39, 0.29) is 17.4 Å². The van der Waals surface area contributed by atoms with Crippen molar-refractivity contribution in [3.05, 3.63) is 75.7 Å². The van der Waals surface area contributed by atoms with E-state index in [1.54, 1.807) is 17.0 Å². The number of benzene rings is 2. The first kappa shape index (κ1) is 20.2. The molecule has 2 aromatic carbocycles. The highest BCUT2D eigenvalue weighted by Gasteiger charge is 2.17. The van der Waals surface area contributed by atoms with Crippen molar-refractivity contribution in [1.82, 2.24) is 15.0 Å². The van der Waals surface area contributed by atoms with Crippen molar-refractivity contribution < 1.29 is 14.2 Å². The molecule has 0 spiro atoms. The largest absolute Gasteiger partial charge is 0.339 e. The van der Waals surface area contributed by atoms with Crippen LogP contribution in [-0.2, 0) is 6.42 Å². The van der Waals surface area contributed by atoms with E-state index in [2.05, 4.69) is 10.1 Å². The van der Waals surface area contributed by atoms with Crippen LogP contribution in [0.5, 0.6) is 0 Å². The molecule has 0 radical (unpaired) electrons. The van der Waals surface area contributed by atoms with E-state index in [1.807, 2.05) is 38.1 Å². The third-order valence-corrected chi connectivity index (χ3v) is 4.46. The maximum Gasteiger partial charge on any atom is 0.270 e. The minimum atomic E-state index is -0.468. The van der Waals surface area contributed by atoms with Gasteiger partial charge in [0.15, 0.2) is 0 Å². The Bertz CT molecular complexity index is 998. The van der Waals surface area contributed by atoms with E-state index in [9.17, 15) is 14.9 Å². The Morgan fingerprint density at radius 2 is 1.93 bits per heavy atom. The second-order valence-electron chi connectivity index (χ2n) is 6.73. The standard InChI is InChI=1S/C21H22N4O4/c1-3-12-24(21(26)16-9-7-15(2)8-10-16)13-11-19-22-20(23-29-19)17-5-4-6-18(14-17)25(27)28/h4-10,14H,3,11-13H2,1-2H3. The molecular formula is C21H22N4O4. The van der Waals surface area contributed by atoms with Crippen molar-refractivity contribution in [1.29, 1.82) is 0 Å². The second kappa shape index (κ2) is 9.09. The van der Waals surface area contributed by atoms with Crippen LogP contribution in [0.25, 0.3) is 11.4 Å². The first-order valence-electron chi connectivity index (χ1n) is 9.41. The molecule has 8 heteroatoms. The summed E-state index contributed by atoms with van der Waals surface area (Å²) in [5.74, 6) is 0.630. The lowest BCUT2D eigenvalue weighted by molar-refractivity contribution is -0.384. The molecule has 0 N–H and O–H groups in total. The number of aromatic nitrogens is 2. The quantitative estimate of drug-likeness (QED) is 0.422. The predicted octanol–water partition coefficient (Wildman–Crippen LogP) is 4.05. The number of nitro benzene ring substituents is 1. The van der Waals surface area contributed by atoms with Crippen molar-refractivity contribution >= 4 is 11.6 Å². The van der Waals surface area contributed by atoms with Crippen LogP contribution in [0.3, 0.4) is 0 Å². The first-order valence-corrected chi connectivity index (χ1v) is 9.41. The fourth-order valence-electron chi connectivity index (χ4n) is 2.93. The van der Waals surface area contributed by atoms with Gasteiger partial charge in [-0.15, -0.1) is 0 Å². The number of hydrogen-bond acceptors (Lipinski definition) is 6. The van der Waals surface area contributed by atoms with Gasteiger partial charge in [-0.3, -0.25) is 14.9 Å². The van der Waals surface area contributed by atoms with Crippen LogP contribution < -0.4 is 0 Å². The number of non-ortho nitro benzene ring substituents is 1. The van der Waals surface area contributed by atoms with Crippen LogP contribution in [0.15, 0.2) is 53.1 Å². The molecule has 0 aliphatic rings. The summed E-state index contributed by atoms with van der Waals surface area (Å²) in [6, 6.07) is 13.6. The van der Waals surface area contributed by atoms with Crippen LogP contribution >= 0.6 is 0 Å². The molecule has 0 aliphatic heterocycles. The summed E-state index contributed by atoms with van der Waals surface area (Å²) in [5.41, 5.74) is 2.22. The highest BCUT2D eigenvalue weighted by Crippen LogP contribution is 2.21. The molecule has 0 saturated carbocycles. The number of nitro groups is 1. The van der Waals surface area contributed by atoms with Gasteiger partial charge >= 0.3 is 0 Å². The first-order chi connectivity index (χ1) is 14.0. The number of carbonyl (C=O) groups is 1. The van der Waals surface area contributed by atoms with E-state index >= 15 is 0 Å². The van der Waals surface area contributed by atoms with Crippen molar-refractivity contribution in [2.24, 2.45) is 0 Å².